The number of nitrogens with zero attached hydrogens (tertiary/aromatic N) is 1. The third-order valence-corrected chi connectivity index (χ3v) is 6.92. The summed E-state index contributed by atoms with van der Waals surface area (Å²) in [5.41, 5.74) is 1.71. The van der Waals surface area contributed by atoms with Crippen LogP contribution in [0.1, 0.15) is 84.5 Å². The Kier molecular flexibility index (Phi) is 10.8. The fourth-order valence-electron chi connectivity index (χ4n) is 4.47. The average Bonchev–Trinajstić information content (AvgIpc) is 2.85. The molecule has 0 saturated heterocycles. The van der Waals surface area contributed by atoms with Crippen molar-refractivity contribution >= 4 is 23.6 Å². The van der Waals surface area contributed by atoms with Gasteiger partial charge in [-0.25, -0.2) is 4.79 Å². The second kappa shape index (κ2) is 13.2. The van der Waals surface area contributed by atoms with E-state index in [0.29, 0.717) is 17.9 Å². The van der Waals surface area contributed by atoms with E-state index in [-0.39, 0.29) is 17.7 Å². The van der Waals surface area contributed by atoms with Crippen LogP contribution < -0.4 is 15.4 Å². The number of alkyl carbamates (subject to hydrolysis) is 1. The maximum Gasteiger partial charge on any atom is 0.408 e. The fraction of sp³-hybridized carbons (Fsp3) is 0.531. The predicted octanol–water partition coefficient (Wildman–Crippen LogP) is 6.56. The summed E-state index contributed by atoms with van der Waals surface area (Å²) < 4.78 is 10.7. The van der Waals surface area contributed by atoms with Gasteiger partial charge in [0.25, 0.3) is 5.91 Å². The number of aryl methyl sites for hydroxylation is 1. The largest absolute Gasteiger partial charge is 0.497 e. The summed E-state index contributed by atoms with van der Waals surface area (Å²) in [6, 6.07) is 10.9. The quantitative estimate of drug-likeness (QED) is 0.367. The smallest absolute Gasteiger partial charge is 0.408 e. The van der Waals surface area contributed by atoms with Crippen molar-refractivity contribution in [2.75, 3.05) is 12.4 Å². The third-order valence-electron chi connectivity index (χ3n) is 6.92. The van der Waals surface area contributed by atoms with Gasteiger partial charge in [-0.3, -0.25) is 9.59 Å². The van der Waals surface area contributed by atoms with E-state index in [2.05, 4.69) is 10.6 Å². The van der Waals surface area contributed by atoms with Crippen molar-refractivity contribution < 1.29 is 23.9 Å². The van der Waals surface area contributed by atoms with Crippen LogP contribution in [0, 0.1) is 19.8 Å². The van der Waals surface area contributed by atoms with Gasteiger partial charge in [0, 0.05) is 11.2 Å². The van der Waals surface area contributed by atoms with Crippen LogP contribution in [0.5, 0.6) is 5.75 Å². The molecule has 8 nitrogen and oxygen atoms in total. The Bertz CT molecular complexity index is 1180. The SMILES string of the molecule is CCC(C)C(NC(=O)OC(C)(C)C)C(=O)N(C(C(=O)Nc1ccc(OC)cc1)c1cccc(C)c1C)C(C)(C)C. The molecular weight excluding hydrogens is 506 g/mol. The summed E-state index contributed by atoms with van der Waals surface area (Å²) >= 11 is 0. The molecule has 0 aliphatic rings. The number of methoxy groups -OCH3 is 1. The van der Waals surface area contributed by atoms with Gasteiger partial charge in [-0.1, -0.05) is 38.5 Å². The van der Waals surface area contributed by atoms with Crippen molar-refractivity contribution in [1.82, 2.24) is 10.2 Å². The van der Waals surface area contributed by atoms with Crippen molar-refractivity contribution in [2.24, 2.45) is 5.92 Å². The lowest BCUT2D eigenvalue weighted by Gasteiger charge is -2.44. The summed E-state index contributed by atoms with van der Waals surface area (Å²) in [6.07, 6.45) is -0.0397. The highest BCUT2D eigenvalue weighted by Gasteiger charge is 2.43. The Morgan fingerprint density at radius 3 is 2.05 bits per heavy atom. The first-order chi connectivity index (χ1) is 18.5. The van der Waals surface area contributed by atoms with Gasteiger partial charge in [-0.2, -0.15) is 0 Å². The maximum absolute atomic E-state index is 14.5. The van der Waals surface area contributed by atoms with Gasteiger partial charge >= 0.3 is 6.09 Å². The number of amides is 3. The number of nitrogens with one attached hydrogen (secondary N) is 2. The first-order valence-electron chi connectivity index (χ1n) is 13.8. The highest BCUT2D eigenvalue weighted by Crippen LogP contribution is 2.34. The summed E-state index contributed by atoms with van der Waals surface area (Å²) in [5, 5.41) is 5.81. The number of hydrogen-bond acceptors (Lipinski definition) is 5. The van der Waals surface area contributed by atoms with E-state index in [9.17, 15) is 14.4 Å². The fourth-order valence-corrected chi connectivity index (χ4v) is 4.47. The standard InChI is InChI=1S/C32H47N3O5/c1-12-20(2)26(34-30(38)40-32(8,9)10)29(37)35(31(5,6)7)27(25-15-13-14-21(3)22(25)4)28(36)33-23-16-18-24(39-11)19-17-23/h13-20,26-27H,12H2,1-11H3,(H,33,36)(H,34,38). The van der Waals surface area contributed by atoms with Crippen molar-refractivity contribution in [1.29, 1.82) is 0 Å². The topological polar surface area (TPSA) is 97.0 Å². The minimum absolute atomic E-state index is 0.214. The number of rotatable bonds is 9. The molecule has 3 unspecified atom stereocenters. The highest BCUT2D eigenvalue weighted by atomic mass is 16.6. The molecule has 2 aromatic carbocycles. The molecule has 0 radical (unpaired) electrons. The van der Waals surface area contributed by atoms with Crippen LogP contribution in [0.25, 0.3) is 0 Å². The summed E-state index contributed by atoms with van der Waals surface area (Å²) in [6.45, 7) is 18.8. The molecule has 0 heterocycles. The zero-order chi connectivity index (χ0) is 30.4. The summed E-state index contributed by atoms with van der Waals surface area (Å²) in [4.78, 5) is 43.1. The molecule has 3 atom stereocenters. The lowest BCUT2D eigenvalue weighted by atomic mass is 9.89. The van der Waals surface area contributed by atoms with Crippen LogP contribution in [0.4, 0.5) is 10.5 Å². The highest BCUT2D eigenvalue weighted by molar-refractivity contribution is 5.99. The number of ether oxygens (including phenoxy) is 2. The molecule has 2 rings (SSSR count). The summed E-state index contributed by atoms with van der Waals surface area (Å²) in [7, 11) is 1.58. The van der Waals surface area contributed by atoms with Crippen LogP contribution in [0.3, 0.4) is 0 Å². The van der Waals surface area contributed by atoms with E-state index in [1.54, 1.807) is 57.0 Å². The predicted molar refractivity (Wildman–Crippen MR) is 159 cm³/mol. The number of benzene rings is 2. The van der Waals surface area contributed by atoms with E-state index in [1.165, 1.54) is 0 Å². The Balaban J connectivity index is 2.65. The Morgan fingerprint density at radius 1 is 0.950 bits per heavy atom. The van der Waals surface area contributed by atoms with E-state index in [1.807, 2.05) is 66.7 Å². The molecular formula is C32H47N3O5. The molecule has 3 amide bonds. The molecule has 0 saturated carbocycles. The molecule has 0 fully saturated rings. The Morgan fingerprint density at radius 2 is 1.55 bits per heavy atom. The monoisotopic (exact) mass is 553 g/mol. The van der Waals surface area contributed by atoms with E-state index in [4.69, 9.17) is 9.47 Å². The van der Waals surface area contributed by atoms with Gasteiger partial charge < -0.3 is 25.0 Å². The van der Waals surface area contributed by atoms with Crippen LogP contribution in [-0.2, 0) is 14.3 Å². The number of carbonyl (C=O) groups excluding carboxylic acids is 3. The van der Waals surface area contributed by atoms with Gasteiger partial charge in [0.05, 0.1) is 7.11 Å². The first kappa shape index (κ1) is 32.7. The van der Waals surface area contributed by atoms with Crippen LogP contribution in [0.2, 0.25) is 0 Å². The number of hydrogen-bond donors (Lipinski definition) is 2. The summed E-state index contributed by atoms with van der Waals surface area (Å²) in [5.74, 6) is -0.264. The second-order valence-electron chi connectivity index (χ2n) is 12.3. The first-order valence-corrected chi connectivity index (χ1v) is 13.8. The molecule has 40 heavy (non-hydrogen) atoms. The zero-order valence-corrected chi connectivity index (χ0v) is 26.0. The van der Waals surface area contributed by atoms with Crippen LogP contribution in [0.15, 0.2) is 42.5 Å². The van der Waals surface area contributed by atoms with Gasteiger partial charge in [0.1, 0.15) is 23.4 Å². The molecule has 0 bridgehead atoms. The van der Waals surface area contributed by atoms with Crippen LogP contribution >= 0.6 is 0 Å². The van der Waals surface area contributed by atoms with E-state index < -0.39 is 29.3 Å². The molecule has 0 aliphatic heterocycles. The van der Waals surface area contributed by atoms with Crippen LogP contribution in [-0.4, -0.2) is 47.1 Å². The molecule has 0 spiro atoms. The maximum atomic E-state index is 14.5. The lowest BCUT2D eigenvalue weighted by Crippen LogP contribution is -2.59. The lowest BCUT2D eigenvalue weighted by molar-refractivity contribution is -0.148. The molecule has 8 heteroatoms. The zero-order valence-electron chi connectivity index (χ0n) is 26.0. The molecule has 0 aromatic heterocycles. The van der Waals surface area contributed by atoms with Gasteiger partial charge in [0.2, 0.25) is 5.91 Å². The molecule has 2 aromatic rings. The number of anilines is 1. The van der Waals surface area contributed by atoms with Gasteiger partial charge in [-0.15, -0.1) is 0 Å². The van der Waals surface area contributed by atoms with E-state index >= 15 is 0 Å². The second-order valence-corrected chi connectivity index (χ2v) is 12.3. The van der Waals surface area contributed by atoms with Crippen molar-refractivity contribution in [3.8, 4) is 5.75 Å². The normalized spacial score (nSPS) is 14.0. The van der Waals surface area contributed by atoms with Crippen molar-refractivity contribution in [3.63, 3.8) is 0 Å². The van der Waals surface area contributed by atoms with E-state index in [0.717, 1.165) is 16.7 Å². The van der Waals surface area contributed by atoms with Gasteiger partial charge in [-0.05, 0) is 102 Å². The third kappa shape index (κ3) is 8.47. The minimum atomic E-state index is -0.971. The van der Waals surface area contributed by atoms with Gasteiger partial charge in [0.15, 0.2) is 0 Å². The number of carbonyl (C=O) groups is 3. The minimum Gasteiger partial charge on any atom is -0.497 e. The average molecular weight is 554 g/mol. The van der Waals surface area contributed by atoms with Crippen molar-refractivity contribution in [3.05, 3.63) is 59.2 Å². The molecule has 220 valence electrons. The molecule has 2 N–H and O–H groups in total. The molecule has 0 aliphatic carbocycles. The Labute approximate surface area is 239 Å². The Hall–Kier alpha value is -3.55. The van der Waals surface area contributed by atoms with Crippen molar-refractivity contribution in [2.45, 2.75) is 98.9 Å².